The maximum Gasteiger partial charge on any atom is 0.417 e. The van der Waals surface area contributed by atoms with Gasteiger partial charge in [0.25, 0.3) is 11.8 Å². The molecule has 142 valence electrons. The molecule has 1 aliphatic heterocycles. The van der Waals surface area contributed by atoms with Crippen LogP contribution in [0, 0.1) is 0 Å². The number of imide groups is 1. The number of carbonyl (C=O) groups excluding carboxylic acids is 3. The molecule has 3 heterocycles. The van der Waals surface area contributed by atoms with Crippen molar-refractivity contribution in [3.05, 3.63) is 65.2 Å². The smallest absolute Gasteiger partial charge is 0.417 e. The third-order valence-corrected chi connectivity index (χ3v) is 5.10. The van der Waals surface area contributed by atoms with E-state index in [1.807, 2.05) is 35.7 Å². The third kappa shape index (κ3) is 3.65. The van der Waals surface area contributed by atoms with Gasteiger partial charge in [0.15, 0.2) is 18.1 Å². The van der Waals surface area contributed by atoms with Crippen molar-refractivity contribution in [2.24, 2.45) is 0 Å². The number of hydrogen-bond acceptors (Lipinski definition) is 7. The van der Waals surface area contributed by atoms with Crippen LogP contribution in [0.1, 0.15) is 22.1 Å². The summed E-state index contributed by atoms with van der Waals surface area (Å²) in [6.45, 7) is -0.329. The van der Waals surface area contributed by atoms with Crippen LogP contribution in [0.25, 0.3) is 10.6 Å². The zero-order valence-corrected chi connectivity index (χ0v) is 15.3. The number of nitrogens with one attached hydrogen (secondary N) is 1. The Morgan fingerprint density at radius 3 is 2.71 bits per heavy atom. The van der Waals surface area contributed by atoms with Gasteiger partial charge in [-0.1, -0.05) is 41.6 Å². The summed E-state index contributed by atoms with van der Waals surface area (Å²) in [5.41, 5.74) is 0.852. The van der Waals surface area contributed by atoms with E-state index in [9.17, 15) is 14.4 Å². The molecule has 1 fully saturated rings. The molecule has 3 amide bonds. The van der Waals surface area contributed by atoms with Gasteiger partial charge < -0.3 is 14.6 Å². The van der Waals surface area contributed by atoms with E-state index in [0.717, 1.165) is 15.3 Å². The van der Waals surface area contributed by atoms with Gasteiger partial charge in [-0.3, -0.25) is 9.59 Å². The highest BCUT2D eigenvalue weighted by atomic mass is 32.1. The van der Waals surface area contributed by atoms with Crippen LogP contribution in [-0.4, -0.2) is 41.1 Å². The lowest BCUT2D eigenvalue weighted by atomic mass is 10.1. The van der Waals surface area contributed by atoms with Crippen LogP contribution in [-0.2, 0) is 9.53 Å². The number of aromatic nitrogens is 1. The number of cyclic esters (lactones) is 1. The number of rotatable bonds is 6. The molecule has 4 rings (SSSR count). The van der Waals surface area contributed by atoms with Crippen molar-refractivity contribution >= 4 is 29.2 Å². The molecule has 0 saturated carbocycles. The molecule has 1 aliphatic rings. The first-order chi connectivity index (χ1) is 13.6. The summed E-state index contributed by atoms with van der Waals surface area (Å²) in [5, 5.41) is 8.54. The fourth-order valence-electron chi connectivity index (χ4n) is 2.81. The number of thiophene rings is 1. The van der Waals surface area contributed by atoms with Crippen molar-refractivity contribution in [2.75, 3.05) is 13.2 Å². The summed E-state index contributed by atoms with van der Waals surface area (Å²) in [7, 11) is 0. The van der Waals surface area contributed by atoms with E-state index in [2.05, 4.69) is 10.5 Å². The van der Waals surface area contributed by atoms with Gasteiger partial charge in [0, 0.05) is 6.07 Å². The van der Waals surface area contributed by atoms with Gasteiger partial charge in [0.1, 0.15) is 0 Å². The molecule has 8 nitrogen and oxygen atoms in total. The molecule has 2 aromatic heterocycles. The molecular formula is C19H15N3O5S. The third-order valence-electron chi connectivity index (χ3n) is 4.22. The van der Waals surface area contributed by atoms with E-state index < -0.39 is 23.9 Å². The number of carbonyl (C=O) groups is 3. The number of hydrogen-bond donors (Lipinski definition) is 1. The van der Waals surface area contributed by atoms with E-state index in [4.69, 9.17) is 9.26 Å². The van der Waals surface area contributed by atoms with Gasteiger partial charge in [-0.05, 0) is 17.0 Å². The Bertz CT molecular complexity index is 984. The molecule has 0 aliphatic carbocycles. The molecule has 0 bridgehead atoms. The van der Waals surface area contributed by atoms with Crippen molar-refractivity contribution in [1.29, 1.82) is 0 Å². The highest BCUT2D eigenvalue weighted by molar-refractivity contribution is 7.13. The van der Waals surface area contributed by atoms with Crippen LogP contribution >= 0.6 is 11.3 Å². The Hall–Kier alpha value is -3.46. The highest BCUT2D eigenvalue weighted by Gasteiger charge is 2.34. The minimum atomic E-state index is -0.721. The summed E-state index contributed by atoms with van der Waals surface area (Å²) in [6, 6.07) is 13.7. The Kier molecular flexibility index (Phi) is 4.90. The second kappa shape index (κ2) is 7.65. The number of ether oxygens (including phenoxy) is 1. The molecule has 1 aromatic carbocycles. The van der Waals surface area contributed by atoms with Crippen molar-refractivity contribution < 1.29 is 23.6 Å². The molecule has 3 aromatic rings. The van der Waals surface area contributed by atoms with E-state index in [1.54, 1.807) is 18.2 Å². The van der Waals surface area contributed by atoms with Crippen LogP contribution in [0.15, 0.2) is 58.4 Å². The summed E-state index contributed by atoms with van der Waals surface area (Å²) in [5.74, 6) is -0.420. The first-order valence-electron chi connectivity index (χ1n) is 8.45. The Balaban J connectivity index is 1.54. The molecular weight excluding hydrogens is 382 g/mol. The van der Waals surface area contributed by atoms with Gasteiger partial charge in [-0.15, -0.1) is 11.3 Å². The normalized spacial score (nSPS) is 14.8. The molecule has 1 unspecified atom stereocenters. The van der Waals surface area contributed by atoms with E-state index in [0.29, 0.717) is 5.76 Å². The number of amides is 3. The molecule has 0 radical (unpaired) electrons. The van der Waals surface area contributed by atoms with E-state index >= 15 is 0 Å². The lowest BCUT2D eigenvalue weighted by molar-refractivity contribution is -0.126. The van der Waals surface area contributed by atoms with Gasteiger partial charge in [0.05, 0.1) is 17.5 Å². The summed E-state index contributed by atoms with van der Waals surface area (Å²) in [4.78, 5) is 38.2. The quantitative estimate of drug-likeness (QED) is 0.686. The highest BCUT2D eigenvalue weighted by Crippen LogP contribution is 2.25. The van der Waals surface area contributed by atoms with Crippen molar-refractivity contribution in [2.45, 2.75) is 6.04 Å². The predicted octanol–water partition coefficient (Wildman–Crippen LogP) is 2.85. The average Bonchev–Trinajstić information content (AvgIpc) is 3.45. The average molecular weight is 397 g/mol. The zero-order valence-electron chi connectivity index (χ0n) is 14.5. The van der Waals surface area contributed by atoms with Crippen LogP contribution in [0.3, 0.4) is 0 Å². The summed E-state index contributed by atoms with van der Waals surface area (Å²) >= 11 is 1.47. The minimum absolute atomic E-state index is 0.0386. The molecule has 1 N–H and O–H groups in total. The lowest BCUT2D eigenvalue weighted by Gasteiger charge is -2.22. The second-order valence-corrected chi connectivity index (χ2v) is 7.00. The lowest BCUT2D eigenvalue weighted by Crippen LogP contribution is -2.40. The van der Waals surface area contributed by atoms with Crippen molar-refractivity contribution in [3.63, 3.8) is 0 Å². The molecule has 28 heavy (non-hydrogen) atoms. The second-order valence-electron chi connectivity index (χ2n) is 6.05. The molecule has 1 saturated heterocycles. The molecule has 9 heteroatoms. The SMILES string of the molecule is O=C(NC(CN1C(=O)COC1=O)c1ccccc1)c1cc(-c2cccs2)on1. The Morgan fingerprint density at radius 1 is 1.21 bits per heavy atom. The van der Waals surface area contributed by atoms with Gasteiger partial charge in [-0.25, -0.2) is 9.69 Å². The van der Waals surface area contributed by atoms with Crippen molar-refractivity contribution in [1.82, 2.24) is 15.4 Å². The van der Waals surface area contributed by atoms with Gasteiger partial charge in [-0.2, -0.15) is 0 Å². The largest absolute Gasteiger partial charge is 0.439 e. The fraction of sp³-hybridized carbons (Fsp3) is 0.158. The summed E-state index contributed by atoms with van der Waals surface area (Å²) < 4.78 is 9.99. The first-order valence-corrected chi connectivity index (χ1v) is 9.33. The maximum absolute atomic E-state index is 12.7. The van der Waals surface area contributed by atoms with Gasteiger partial charge >= 0.3 is 6.09 Å². The van der Waals surface area contributed by atoms with Crippen LogP contribution in [0.5, 0.6) is 0 Å². The monoisotopic (exact) mass is 397 g/mol. The molecule has 1 atom stereocenters. The van der Waals surface area contributed by atoms with E-state index in [-0.39, 0.29) is 18.8 Å². The fourth-order valence-corrected chi connectivity index (χ4v) is 3.48. The molecule has 0 spiro atoms. The zero-order chi connectivity index (χ0) is 19.5. The van der Waals surface area contributed by atoms with Crippen LogP contribution < -0.4 is 5.32 Å². The Labute approximate surface area is 163 Å². The number of nitrogens with zero attached hydrogens (tertiary/aromatic N) is 2. The maximum atomic E-state index is 12.7. The standard InChI is InChI=1S/C19H15N3O5S/c23-17-11-26-19(25)22(17)10-14(12-5-2-1-3-6-12)20-18(24)13-9-15(27-21-13)16-7-4-8-28-16/h1-9,14H,10-11H2,(H,20,24). The van der Waals surface area contributed by atoms with Crippen LogP contribution in [0.4, 0.5) is 4.79 Å². The summed E-state index contributed by atoms with van der Waals surface area (Å²) in [6.07, 6.45) is -0.721. The first kappa shape index (κ1) is 17.9. The predicted molar refractivity (Wildman–Crippen MR) is 99.5 cm³/mol. The topological polar surface area (TPSA) is 102 Å². The number of benzene rings is 1. The minimum Gasteiger partial charge on any atom is -0.439 e. The Morgan fingerprint density at radius 2 is 2.04 bits per heavy atom. The van der Waals surface area contributed by atoms with E-state index in [1.165, 1.54) is 11.3 Å². The van der Waals surface area contributed by atoms with Crippen LogP contribution in [0.2, 0.25) is 0 Å². The van der Waals surface area contributed by atoms with Crippen molar-refractivity contribution in [3.8, 4) is 10.6 Å². The van der Waals surface area contributed by atoms with Gasteiger partial charge in [0.2, 0.25) is 0 Å².